The van der Waals surface area contributed by atoms with E-state index in [1.54, 1.807) is 17.0 Å². The summed E-state index contributed by atoms with van der Waals surface area (Å²) < 4.78 is 0. The number of hydrogen-bond donors (Lipinski definition) is 2. The lowest BCUT2D eigenvalue weighted by molar-refractivity contribution is -0.138. The Labute approximate surface area is 105 Å². The van der Waals surface area contributed by atoms with E-state index in [4.69, 9.17) is 5.73 Å². The Morgan fingerprint density at radius 2 is 2.17 bits per heavy atom. The molecule has 5 nitrogen and oxygen atoms in total. The molecule has 1 atom stereocenters. The largest absolute Gasteiger partial charge is 0.480 e. The number of carboxylic acids is 1. The summed E-state index contributed by atoms with van der Waals surface area (Å²) in [4.78, 5) is 24.4. The van der Waals surface area contributed by atoms with Crippen LogP contribution in [0.2, 0.25) is 0 Å². The fourth-order valence-electron chi connectivity index (χ4n) is 2.40. The predicted octanol–water partition coefficient (Wildman–Crippen LogP) is 1.15. The second kappa shape index (κ2) is 4.68. The summed E-state index contributed by atoms with van der Waals surface area (Å²) in [5.74, 6) is -1.38. The van der Waals surface area contributed by atoms with Gasteiger partial charge in [0.25, 0.3) is 5.91 Å². The number of aryl methyl sites for hydroxylation is 1. The van der Waals surface area contributed by atoms with Crippen molar-refractivity contribution in [2.45, 2.75) is 25.8 Å². The maximum Gasteiger partial charge on any atom is 0.326 e. The summed E-state index contributed by atoms with van der Waals surface area (Å²) >= 11 is 0. The minimum Gasteiger partial charge on any atom is -0.480 e. The van der Waals surface area contributed by atoms with Crippen molar-refractivity contribution in [3.63, 3.8) is 0 Å². The molecule has 0 bridgehead atoms. The van der Waals surface area contributed by atoms with Crippen LogP contribution in [0.25, 0.3) is 0 Å². The van der Waals surface area contributed by atoms with Crippen LogP contribution in [-0.2, 0) is 4.79 Å². The van der Waals surface area contributed by atoms with Crippen LogP contribution in [0.15, 0.2) is 18.2 Å². The van der Waals surface area contributed by atoms with Crippen LogP contribution in [0.5, 0.6) is 0 Å². The number of primary amides is 1. The molecule has 1 amide bonds. The lowest BCUT2D eigenvalue weighted by atomic mass is 10.1. The number of nitrogens with zero attached hydrogens (tertiary/aromatic N) is 1. The normalized spacial score (nSPS) is 18.9. The average Bonchev–Trinajstić information content (AvgIpc) is 2.77. The van der Waals surface area contributed by atoms with E-state index >= 15 is 0 Å². The zero-order valence-corrected chi connectivity index (χ0v) is 10.2. The van der Waals surface area contributed by atoms with Crippen LogP contribution in [0.1, 0.15) is 28.8 Å². The Bertz CT molecular complexity index is 499. The number of hydrogen-bond acceptors (Lipinski definition) is 3. The number of rotatable bonds is 3. The first-order valence-corrected chi connectivity index (χ1v) is 5.90. The van der Waals surface area contributed by atoms with E-state index < -0.39 is 17.9 Å². The molecule has 1 unspecified atom stereocenters. The summed E-state index contributed by atoms with van der Waals surface area (Å²) in [6, 6.07) is 4.71. The van der Waals surface area contributed by atoms with Crippen molar-refractivity contribution < 1.29 is 14.7 Å². The molecule has 1 aromatic rings. The standard InChI is InChI=1S/C13H16N2O3/c1-8-4-5-9(12(14)16)11(7-8)15-6-2-3-10(15)13(17)18/h4-5,7,10H,2-3,6H2,1H3,(H2,14,16)(H,17,18). The number of carbonyl (C=O) groups excluding carboxylic acids is 1. The Morgan fingerprint density at radius 3 is 2.78 bits per heavy atom. The summed E-state index contributed by atoms with van der Waals surface area (Å²) in [6.07, 6.45) is 1.41. The molecule has 1 saturated heterocycles. The first-order valence-electron chi connectivity index (χ1n) is 5.90. The molecule has 18 heavy (non-hydrogen) atoms. The molecule has 0 saturated carbocycles. The second-order valence-corrected chi connectivity index (χ2v) is 4.57. The Morgan fingerprint density at radius 1 is 1.44 bits per heavy atom. The van der Waals surface area contributed by atoms with Gasteiger partial charge in [0.15, 0.2) is 0 Å². The highest BCUT2D eigenvalue weighted by atomic mass is 16.4. The van der Waals surface area contributed by atoms with Crippen molar-refractivity contribution >= 4 is 17.6 Å². The Balaban J connectivity index is 2.46. The van der Waals surface area contributed by atoms with Crippen LogP contribution in [0.4, 0.5) is 5.69 Å². The van der Waals surface area contributed by atoms with Gasteiger partial charge < -0.3 is 15.7 Å². The van der Waals surface area contributed by atoms with Gasteiger partial charge in [-0.05, 0) is 37.5 Å². The maximum absolute atomic E-state index is 11.4. The molecule has 1 aromatic carbocycles. The van der Waals surface area contributed by atoms with Gasteiger partial charge in [0.05, 0.1) is 11.3 Å². The molecule has 0 aromatic heterocycles. The highest BCUT2D eigenvalue weighted by Gasteiger charge is 2.32. The van der Waals surface area contributed by atoms with Crippen LogP contribution in [-0.4, -0.2) is 29.6 Å². The lowest BCUT2D eigenvalue weighted by Gasteiger charge is -2.25. The minimum absolute atomic E-state index is 0.383. The van der Waals surface area contributed by atoms with Crippen LogP contribution in [0, 0.1) is 6.92 Å². The van der Waals surface area contributed by atoms with E-state index in [1.807, 2.05) is 13.0 Å². The quantitative estimate of drug-likeness (QED) is 0.840. The molecule has 1 aliphatic rings. The molecule has 0 aliphatic carbocycles. The van der Waals surface area contributed by atoms with Gasteiger partial charge in [-0.2, -0.15) is 0 Å². The summed E-state index contributed by atoms with van der Waals surface area (Å²) in [5, 5.41) is 9.19. The van der Waals surface area contributed by atoms with Gasteiger partial charge in [0.1, 0.15) is 6.04 Å². The number of carboxylic acid groups (broad SMARTS) is 1. The smallest absolute Gasteiger partial charge is 0.326 e. The topological polar surface area (TPSA) is 83.6 Å². The molecular weight excluding hydrogens is 232 g/mol. The van der Waals surface area contributed by atoms with E-state index in [1.165, 1.54) is 0 Å². The Hall–Kier alpha value is -2.04. The van der Waals surface area contributed by atoms with Gasteiger partial charge in [-0.25, -0.2) is 4.79 Å². The fraction of sp³-hybridized carbons (Fsp3) is 0.385. The lowest BCUT2D eigenvalue weighted by Crippen LogP contribution is -2.37. The number of amides is 1. The molecular formula is C13H16N2O3. The highest BCUT2D eigenvalue weighted by molar-refractivity contribution is 5.99. The third-order valence-electron chi connectivity index (χ3n) is 3.27. The van der Waals surface area contributed by atoms with Crippen molar-refractivity contribution in [3.05, 3.63) is 29.3 Å². The first kappa shape index (κ1) is 12.4. The molecule has 96 valence electrons. The van der Waals surface area contributed by atoms with E-state index in [2.05, 4.69) is 0 Å². The fourth-order valence-corrected chi connectivity index (χ4v) is 2.40. The van der Waals surface area contributed by atoms with Crippen molar-refractivity contribution in [2.75, 3.05) is 11.4 Å². The zero-order valence-electron chi connectivity index (χ0n) is 10.2. The van der Waals surface area contributed by atoms with Crippen molar-refractivity contribution in [1.29, 1.82) is 0 Å². The third-order valence-corrected chi connectivity index (χ3v) is 3.27. The zero-order chi connectivity index (χ0) is 13.3. The van der Waals surface area contributed by atoms with Gasteiger partial charge >= 0.3 is 5.97 Å². The molecule has 5 heteroatoms. The van der Waals surface area contributed by atoms with Gasteiger partial charge in [-0.1, -0.05) is 6.07 Å². The van der Waals surface area contributed by atoms with Crippen LogP contribution in [0.3, 0.4) is 0 Å². The molecule has 1 fully saturated rings. The monoisotopic (exact) mass is 248 g/mol. The van der Waals surface area contributed by atoms with Gasteiger partial charge in [0, 0.05) is 6.54 Å². The highest BCUT2D eigenvalue weighted by Crippen LogP contribution is 2.29. The van der Waals surface area contributed by atoms with E-state index in [0.717, 1.165) is 12.0 Å². The van der Waals surface area contributed by atoms with Crippen LogP contribution >= 0.6 is 0 Å². The van der Waals surface area contributed by atoms with Crippen LogP contribution < -0.4 is 10.6 Å². The Kier molecular flexibility index (Phi) is 3.23. The molecule has 1 heterocycles. The number of nitrogens with two attached hydrogens (primary N) is 1. The van der Waals surface area contributed by atoms with Crippen molar-refractivity contribution in [2.24, 2.45) is 5.73 Å². The average molecular weight is 248 g/mol. The number of benzene rings is 1. The molecule has 0 radical (unpaired) electrons. The third kappa shape index (κ3) is 2.16. The summed E-state index contributed by atoms with van der Waals surface area (Å²) in [6.45, 7) is 2.54. The number of anilines is 1. The maximum atomic E-state index is 11.4. The second-order valence-electron chi connectivity index (χ2n) is 4.57. The summed E-state index contributed by atoms with van der Waals surface area (Å²) in [5.41, 5.74) is 7.33. The van der Waals surface area contributed by atoms with Gasteiger partial charge in [-0.15, -0.1) is 0 Å². The predicted molar refractivity (Wildman–Crippen MR) is 67.7 cm³/mol. The van der Waals surface area contributed by atoms with E-state index in [0.29, 0.717) is 24.2 Å². The van der Waals surface area contributed by atoms with Gasteiger partial charge in [0.2, 0.25) is 0 Å². The van der Waals surface area contributed by atoms with E-state index in [-0.39, 0.29) is 0 Å². The minimum atomic E-state index is -0.857. The van der Waals surface area contributed by atoms with Crippen molar-refractivity contribution in [1.82, 2.24) is 0 Å². The molecule has 1 aliphatic heterocycles. The molecule has 3 N–H and O–H groups in total. The molecule has 2 rings (SSSR count). The molecule has 0 spiro atoms. The summed E-state index contributed by atoms with van der Waals surface area (Å²) in [7, 11) is 0. The SMILES string of the molecule is Cc1ccc(C(N)=O)c(N2CCCC2C(=O)O)c1. The number of carbonyl (C=O) groups is 2. The van der Waals surface area contributed by atoms with Crippen molar-refractivity contribution in [3.8, 4) is 0 Å². The van der Waals surface area contributed by atoms with Gasteiger partial charge in [-0.3, -0.25) is 4.79 Å². The van der Waals surface area contributed by atoms with E-state index in [9.17, 15) is 14.7 Å². The number of aliphatic carboxylic acids is 1. The first-order chi connectivity index (χ1) is 8.50.